The predicted octanol–water partition coefficient (Wildman–Crippen LogP) is 4.12. The Labute approximate surface area is 135 Å². The summed E-state index contributed by atoms with van der Waals surface area (Å²) in [4.78, 5) is 16.2. The van der Waals surface area contributed by atoms with Gasteiger partial charge in [0.1, 0.15) is 12.4 Å². The lowest BCUT2D eigenvalue weighted by Gasteiger charge is -2.07. The normalized spacial score (nSPS) is 11.1. The zero-order chi connectivity index (χ0) is 15.6. The molecule has 4 nitrogen and oxygen atoms in total. The Hall–Kier alpha value is -1.27. The quantitative estimate of drug-likeness (QED) is 0.791. The maximum atomic E-state index is 13.2. The largest absolute Gasteiger partial charge is 0.298 e. The van der Waals surface area contributed by atoms with Crippen LogP contribution in [0, 0.1) is 11.7 Å². The van der Waals surface area contributed by atoms with Crippen molar-refractivity contribution < 1.29 is 9.18 Å². The van der Waals surface area contributed by atoms with Crippen molar-refractivity contribution in [2.75, 3.05) is 0 Å². The summed E-state index contributed by atoms with van der Waals surface area (Å²) < 4.78 is 15.1. The number of ketones is 1. The van der Waals surface area contributed by atoms with Gasteiger partial charge in [0.2, 0.25) is 4.73 Å². The van der Waals surface area contributed by atoms with E-state index in [0.717, 1.165) is 0 Å². The molecule has 0 saturated heterocycles. The molecule has 0 bridgehead atoms. The molecule has 0 aliphatic heterocycles. The molecule has 21 heavy (non-hydrogen) atoms. The lowest BCUT2D eigenvalue weighted by molar-refractivity contribution is -0.120. The highest BCUT2D eigenvalue weighted by atomic mass is 79.9. The van der Waals surface area contributed by atoms with E-state index >= 15 is 0 Å². The van der Waals surface area contributed by atoms with Crippen molar-refractivity contribution in [3.05, 3.63) is 33.8 Å². The molecule has 0 N–H and O–H groups in total. The Balaban J connectivity index is 2.32. The van der Waals surface area contributed by atoms with E-state index in [1.165, 1.54) is 16.8 Å². The van der Waals surface area contributed by atoms with Crippen molar-refractivity contribution in [3.8, 4) is 11.4 Å². The molecular weight excluding hydrogens is 361 g/mol. The first-order valence-electron chi connectivity index (χ1n) is 6.44. The van der Waals surface area contributed by atoms with Crippen LogP contribution in [0.25, 0.3) is 11.4 Å². The summed E-state index contributed by atoms with van der Waals surface area (Å²) in [6, 6.07) is 4.29. The van der Waals surface area contributed by atoms with Crippen molar-refractivity contribution in [2.45, 2.75) is 26.8 Å². The van der Waals surface area contributed by atoms with Gasteiger partial charge in [-0.15, -0.1) is 5.10 Å². The number of hydrogen-bond donors (Lipinski definition) is 0. The van der Waals surface area contributed by atoms with Gasteiger partial charge >= 0.3 is 0 Å². The smallest absolute Gasteiger partial charge is 0.217 e. The molecule has 7 heteroatoms. The van der Waals surface area contributed by atoms with Crippen LogP contribution < -0.4 is 0 Å². The maximum Gasteiger partial charge on any atom is 0.217 e. The minimum absolute atomic E-state index is 0.00618. The fraction of sp³-hybridized carbons (Fsp3) is 0.357. The zero-order valence-corrected chi connectivity index (χ0v) is 13.9. The van der Waals surface area contributed by atoms with Crippen LogP contribution in [0.3, 0.4) is 0 Å². The molecule has 1 heterocycles. The van der Waals surface area contributed by atoms with Crippen LogP contribution in [0.5, 0.6) is 0 Å². The molecule has 0 amide bonds. The van der Waals surface area contributed by atoms with Crippen molar-refractivity contribution in [2.24, 2.45) is 5.92 Å². The summed E-state index contributed by atoms with van der Waals surface area (Å²) in [5.41, 5.74) is 0.608. The minimum atomic E-state index is -0.499. The highest BCUT2D eigenvalue weighted by molar-refractivity contribution is 9.10. The summed E-state index contributed by atoms with van der Waals surface area (Å²) in [6.07, 6.45) is 0.473. The number of benzene rings is 1. The van der Waals surface area contributed by atoms with E-state index in [2.05, 4.69) is 26.0 Å². The number of rotatable bonds is 5. The number of halogens is 3. The molecule has 0 radical (unpaired) electrons. The SMILES string of the molecule is CC(C)CC(=O)Cn1nc(Br)nc1-c1ccc(F)c(Cl)c1. The fourth-order valence-electron chi connectivity index (χ4n) is 1.96. The summed E-state index contributed by atoms with van der Waals surface area (Å²) in [7, 11) is 0. The third-order valence-electron chi connectivity index (χ3n) is 2.79. The number of carbonyl (C=O) groups is 1. The van der Waals surface area contributed by atoms with E-state index in [9.17, 15) is 9.18 Å². The third-order valence-corrected chi connectivity index (χ3v) is 3.41. The van der Waals surface area contributed by atoms with Crippen LogP contribution in [-0.2, 0) is 11.3 Å². The van der Waals surface area contributed by atoms with Crippen LogP contribution in [0.1, 0.15) is 20.3 Å². The van der Waals surface area contributed by atoms with Gasteiger partial charge in [-0.2, -0.15) is 0 Å². The van der Waals surface area contributed by atoms with Crippen molar-refractivity contribution >= 4 is 33.3 Å². The van der Waals surface area contributed by atoms with Crippen molar-refractivity contribution in [1.29, 1.82) is 0 Å². The van der Waals surface area contributed by atoms with E-state index in [1.54, 1.807) is 6.07 Å². The van der Waals surface area contributed by atoms with Crippen molar-refractivity contribution in [1.82, 2.24) is 14.8 Å². The average Bonchev–Trinajstić information content (AvgIpc) is 2.72. The summed E-state index contributed by atoms with van der Waals surface area (Å²) in [6.45, 7) is 4.09. The van der Waals surface area contributed by atoms with E-state index in [4.69, 9.17) is 11.6 Å². The molecule has 2 rings (SSSR count). The molecule has 0 unspecified atom stereocenters. The molecule has 0 fully saturated rings. The second-order valence-corrected chi connectivity index (χ2v) is 6.24. The highest BCUT2D eigenvalue weighted by Crippen LogP contribution is 2.25. The first kappa shape index (κ1) is 16.1. The second kappa shape index (κ2) is 6.66. The Morgan fingerprint density at radius 3 is 2.81 bits per heavy atom. The summed E-state index contributed by atoms with van der Waals surface area (Å²) in [5.74, 6) is 0.326. The Bertz CT molecular complexity index is 672. The van der Waals surface area contributed by atoms with Gasteiger partial charge < -0.3 is 0 Å². The van der Waals surface area contributed by atoms with Crippen molar-refractivity contribution in [3.63, 3.8) is 0 Å². The lowest BCUT2D eigenvalue weighted by Crippen LogP contribution is -2.14. The van der Waals surface area contributed by atoms with E-state index in [1.807, 2.05) is 13.8 Å². The molecule has 0 aliphatic carbocycles. The van der Waals surface area contributed by atoms with Crippen LogP contribution in [0.2, 0.25) is 5.02 Å². The minimum Gasteiger partial charge on any atom is -0.298 e. The Morgan fingerprint density at radius 2 is 2.19 bits per heavy atom. The molecule has 0 atom stereocenters. The van der Waals surface area contributed by atoms with Crippen LogP contribution in [0.15, 0.2) is 22.9 Å². The Morgan fingerprint density at radius 1 is 1.48 bits per heavy atom. The monoisotopic (exact) mass is 373 g/mol. The van der Waals surface area contributed by atoms with Gasteiger partial charge in [-0.1, -0.05) is 25.4 Å². The Kier molecular flexibility index (Phi) is 5.11. The van der Waals surface area contributed by atoms with Gasteiger partial charge in [-0.3, -0.25) is 4.79 Å². The standard InChI is InChI=1S/C14H14BrClFN3O/c1-8(2)5-10(21)7-20-13(18-14(15)19-20)9-3-4-12(17)11(16)6-9/h3-4,6,8H,5,7H2,1-2H3. The fourth-order valence-corrected chi connectivity index (χ4v) is 2.50. The van der Waals surface area contributed by atoms with E-state index in [-0.39, 0.29) is 23.3 Å². The molecular formula is C14H14BrClFN3O. The zero-order valence-electron chi connectivity index (χ0n) is 11.6. The molecule has 2 aromatic rings. The molecule has 112 valence electrons. The van der Waals surface area contributed by atoms with Gasteiger partial charge in [-0.25, -0.2) is 14.1 Å². The van der Waals surface area contributed by atoms with Crippen LogP contribution in [0.4, 0.5) is 4.39 Å². The number of aromatic nitrogens is 3. The number of Topliss-reactive ketones (excluding diaryl/α,β-unsaturated/α-hetero) is 1. The van der Waals surface area contributed by atoms with E-state index in [0.29, 0.717) is 22.5 Å². The molecule has 1 aromatic heterocycles. The first-order chi connectivity index (χ1) is 9.86. The summed E-state index contributed by atoms with van der Waals surface area (Å²) >= 11 is 8.98. The first-order valence-corrected chi connectivity index (χ1v) is 7.61. The number of hydrogen-bond acceptors (Lipinski definition) is 3. The van der Waals surface area contributed by atoms with Crippen LogP contribution in [-0.4, -0.2) is 20.5 Å². The van der Waals surface area contributed by atoms with Gasteiger partial charge in [0.25, 0.3) is 0 Å². The number of nitrogens with zero attached hydrogens (tertiary/aromatic N) is 3. The molecule has 0 spiro atoms. The maximum absolute atomic E-state index is 13.2. The number of carbonyl (C=O) groups excluding carboxylic acids is 1. The average molecular weight is 375 g/mol. The van der Waals surface area contributed by atoms with Gasteiger partial charge in [0, 0.05) is 12.0 Å². The molecule has 0 aliphatic rings. The summed E-state index contributed by atoms with van der Waals surface area (Å²) in [5, 5.41) is 4.16. The van der Waals surface area contributed by atoms with Gasteiger partial charge in [0.05, 0.1) is 5.02 Å². The second-order valence-electron chi connectivity index (χ2n) is 5.13. The topological polar surface area (TPSA) is 47.8 Å². The van der Waals surface area contributed by atoms with Gasteiger partial charge in [-0.05, 0) is 40.0 Å². The molecule has 0 saturated carbocycles. The molecule has 1 aromatic carbocycles. The predicted molar refractivity (Wildman–Crippen MR) is 82.6 cm³/mol. The van der Waals surface area contributed by atoms with Gasteiger partial charge in [0.15, 0.2) is 11.6 Å². The highest BCUT2D eigenvalue weighted by Gasteiger charge is 2.15. The third kappa shape index (κ3) is 4.11. The lowest BCUT2D eigenvalue weighted by atomic mass is 10.1. The van der Waals surface area contributed by atoms with E-state index < -0.39 is 5.82 Å². The van der Waals surface area contributed by atoms with Crippen LogP contribution >= 0.6 is 27.5 Å².